The third-order valence-electron chi connectivity index (χ3n) is 1.57. The molecule has 15 heavy (non-hydrogen) atoms. The van der Waals surface area contributed by atoms with Crippen LogP contribution in [0.2, 0.25) is 0 Å². The zero-order valence-corrected chi connectivity index (χ0v) is 8.61. The van der Waals surface area contributed by atoms with Crippen molar-refractivity contribution in [1.82, 2.24) is 4.98 Å². The smallest absolute Gasteiger partial charge is 0.302 e. The predicted octanol–water partition coefficient (Wildman–Crippen LogP) is 1.10. The van der Waals surface area contributed by atoms with E-state index in [0.29, 0.717) is 5.82 Å². The van der Waals surface area contributed by atoms with Crippen molar-refractivity contribution < 1.29 is 14.3 Å². The van der Waals surface area contributed by atoms with Crippen LogP contribution in [0, 0.1) is 0 Å². The van der Waals surface area contributed by atoms with Gasteiger partial charge in [0.1, 0.15) is 12.4 Å². The molecule has 1 aromatic rings. The number of rotatable bonds is 3. The molecule has 0 aliphatic heterocycles. The molecule has 0 saturated heterocycles. The van der Waals surface area contributed by atoms with E-state index in [-0.39, 0.29) is 18.5 Å². The highest BCUT2D eigenvalue weighted by Gasteiger charge is 2.00. The molecule has 0 aromatic carbocycles. The van der Waals surface area contributed by atoms with E-state index in [0.717, 1.165) is 5.56 Å². The first-order valence-corrected chi connectivity index (χ1v) is 4.44. The van der Waals surface area contributed by atoms with Gasteiger partial charge in [-0.15, -0.1) is 0 Å². The Morgan fingerprint density at radius 3 is 2.80 bits per heavy atom. The van der Waals surface area contributed by atoms with E-state index >= 15 is 0 Å². The summed E-state index contributed by atoms with van der Waals surface area (Å²) in [5, 5.41) is 2.54. The van der Waals surface area contributed by atoms with Crippen LogP contribution in [0.1, 0.15) is 19.4 Å². The van der Waals surface area contributed by atoms with Crippen molar-refractivity contribution in [3.63, 3.8) is 0 Å². The molecule has 1 heterocycles. The summed E-state index contributed by atoms with van der Waals surface area (Å²) in [6, 6.07) is 3.37. The maximum Gasteiger partial charge on any atom is 0.302 e. The largest absolute Gasteiger partial charge is 0.461 e. The van der Waals surface area contributed by atoms with Gasteiger partial charge in [-0.3, -0.25) is 9.59 Å². The number of carbonyl (C=O) groups is 2. The van der Waals surface area contributed by atoms with Crippen LogP contribution >= 0.6 is 0 Å². The lowest BCUT2D eigenvalue weighted by Crippen LogP contribution is -2.08. The fraction of sp³-hybridized carbons (Fsp3) is 0.300. The van der Waals surface area contributed by atoms with Crippen molar-refractivity contribution >= 4 is 17.7 Å². The van der Waals surface area contributed by atoms with Crippen LogP contribution in [-0.2, 0) is 20.9 Å². The first-order valence-electron chi connectivity index (χ1n) is 4.44. The lowest BCUT2D eigenvalue weighted by atomic mass is 10.3. The molecule has 0 atom stereocenters. The van der Waals surface area contributed by atoms with Gasteiger partial charge in [0.15, 0.2) is 0 Å². The Bertz CT molecular complexity index is 377. The van der Waals surface area contributed by atoms with E-state index in [1.54, 1.807) is 18.3 Å². The summed E-state index contributed by atoms with van der Waals surface area (Å²) >= 11 is 0. The highest BCUT2D eigenvalue weighted by Crippen LogP contribution is 2.07. The first-order chi connectivity index (χ1) is 7.08. The van der Waals surface area contributed by atoms with Crippen LogP contribution in [0.25, 0.3) is 0 Å². The maximum absolute atomic E-state index is 10.8. The number of hydrogen-bond acceptors (Lipinski definition) is 4. The van der Waals surface area contributed by atoms with Crippen molar-refractivity contribution in [1.29, 1.82) is 0 Å². The summed E-state index contributed by atoms with van der Waals surface area (Å²) in [4.78, 5) is 25.3. The lowest BCUT2D eigenvalue weighted by molar-refractivity contribution is -0.142. The highest BCUT2D eigenvalue weighted by atomic mass is 16.5. The molecule has 1 rings (SSSR count). The zero-order valence-electron chi connectivity index (χ0n) is 8.61. The second kappa shape index (κ2) is 5.09. The third-order valence-corrected chi connectivity index (χ3v) is 1.57. The standard InChI is InChI=1S/C10H12N2O3/c1-7(13)12-10-5-9(3-4-11-10)6-15-8(2)14/h3-5H,6H2,1-2H3,(H,11,12,13). The average Bonchev–Trinajstić information content (AvgIpc) is 2.14. The molecule has 0 saturated carbocycles. The molecule has 0 radical (unpaired) electrons. The van der Waals surface area contributed by atoms with Gasteiger partial charge in [-0.2, -0.15) is 0 Å². The molecular weight excluding hydrogens is 196 g/mol. The van der Waals surface area contributed by atoms with Gasteiger partial charge in [0.25, 0.3) is 0 Å². The summed E-state index contributed by atoms with van der Waals surface area (Å²) in [6.07, 6.45) is 1.55. The number of amides is 1. The number of hydrogen-bond donors (Lipinski definition) is 1. The van der Waals surface area contributed by atoms with E-state index in [4.69, 9.17) is 4.74 Å². The van der Waals surface area contributed by atoms with Crippen molar-refractivity contribution in [2.75, 3.05) is 5.32 Å². The van der Waals surface area contributed by atoms with Gasteiger partial charge in [0.05, 0.1) is 0 Å². The SMILES string of the molecule is CC(=O)Nc1cc(COC(C)=O)ccn1. The average molecular weight is 208 g/mol. The van der Waals surface area contributed by atoms with E-state index in [9.17, 15) is 9.59 Å². The van der Waals surface area contributed by atoms with Gasteiger partial charge < -0.3 is 10.1 Å². The summed E-state index contributed by atoms with van der Waals surface area (Å²) in [5.74, 6) is -0.0767. The van der Waals surface area contributed by atoms with Crippen LogP contribution in [0.15, 0.2) is 18.3 Å². The minimum atomic E-state index is -0.340. The Kier molecular flexibility index (Phi) is 3.79. The molecule has 0 spiro atoms. The fourth-order valence-corrected chi connectivity index (χ4v) is 0.998. The maximum atomic E-state index is 10.8. The monoisotopic (exact) mass is 208 g/mol. The van der Waals surface area contributed by atoms with E-state index in [1.807, 2.05) is 0 Å². The lowest BCUT2D eigenvalue weighted by Gasteiger charge is -2.04. The highest BCUT2D eigenvalue weighted by molar-refractivity contribution is 5.87. The Labute approximate surface area is 87.5 Å². The van der Waals surface area contributed by atoms with Gasteiger partial charge in [0.2, 0.25) is 5.91 Å². The molecule has 0 bridgehead atoms. The number of pyridine rings is 1. The Morgan fingerprint density at radius 2 is 2.20 bits per heavy atom. The fourth-order valence-electron chi connectivity index (χ4n) is 0.998. The van der Waals surface area contributed by atoms with Crippen molar-refractivity contribution in [3.05, 3.63) is 23.9 Å². The van der Waals surface area contributed by atoms with Gasteiger partial charge in [-0.1, -0.05) is 0 Å². The topological polar surface area (TPSA) is 68.3 Å². The molecule has 1 aromatic heterocycles. The number of aromatic nitrogens is 1. The summed E-state index contributed by atoms with van der Waals surface area (Å²) in [6.45, 7) is 2.93. The zero-order chi connectivity index (χ0) is 11.3. The normalized spacial score (nSPS) is 9.47. The van der Waals surface area contributed by atoms with Crippen LogP contribution in [0.3, 0.4) is 0 Å². The number of anilines is 1. The van der Waals surface area contributed by atoms with Crippen LogP contribution < -0.4 is 5.32 Å². The van der Waals surface area contributed by atoms with Gasteiger partial charge >= 0.3 is 5.97 Å². The van der Waals surface area contributed by atoms with Crippen molar-refractivity contribution in [3.8, 4) is 0 Å². The minimum absolute atomic E-state index is 0.185. The van der Waals surface area contributed by atoms with E-state index in [2.05, 4.69) is 10.3 Å². The summed E-state index contributed by atoms with van der Waals surface area (Å²) < 4.78 is 4.81. The molecule has 1 N–H and O–H groups in total. The molecule has 5 nitrogen and oxygen atoms in total. The summed E-state index contributed by atoms with van der Waals surface area (Å²) in [7, 11) is 0. The van der Waals surface area contributed by atoms with Crippen molar-refractivity contribution in [2.24, 2.45) is 0 Å². The predicted molar refractivity (Wildman–Crippen MR) is 54.0 cm³/mol. The van der Waals surface area contributed by atoms with E-state index < -0.39 is 0 Å². The second-order valence-corrected chi connectivity index (χ2v) is 3.01. The molecule has 1 amide bonds. The number of esters is 1. The van der Waals surface area contributed by atoms with Crippen LogP contribution in [-0.4, -0.2) is 16.9 Å². The molecule has 0 aliphatic rings. The molecular formula is C10H12N2O3. The Balaban J connectivity index is 2.65. The van der Waals surface area contributed by atoms with E-state index in [1.165, 1.54) is 13.8 Å². The van der Waals surface area contributed by atoms with Crippen molar-refractivity contribution in [2.45, 2.75) is 20.5 Å². The molecule has 0 unspecified atom stereocenters. The number of nitrogens with zero attached hydrogens (tertiary/aromatic N) is 1. The van der Waals surface area contributed by atoms with Gasteiger partial charge in [-0.25, -0.2) is 4.98 Å². The molecule has 0 fully saturated rings. The molecule has 5 heteroatoms. The Hall–Kier alpha value is -1.91. The number of nitrogens with one attached hydrogen (secondary N) is 1. The van der Waals surface area contributed by atoms with Crippen LogP contribution in [0.4, 0.5) is 5.82 Å². The number of carbonyl (C=O) groups excluding carboxylic acids is 2. The van der Waals surface area contributed by atoms with Gasteiger partial charge in [-0.05, 0) is 17.7 Å². The Morgan fingerprint density at radius 1 is 1.47 bits per heavy atom. The minimum Gasteiger partial charge on any atom is -0.461 e. The molecule has 80 valence electrons. The van der Waals surface area contributed by atoms with Crippen LogP contribution in [0.5, 0.6) is 0 Å². The first kappa shape index (κ1) is 11.2. The van der Waals surface area contributed by atoms with Gasteiger partial charge in [0, 0.05) is 20.0 Å². The number of ether oxygens (including phenoxy) is 1. The second-order valence-electron chi connectivity index (χ2n) is 3.01. The molecule has 0 aliphatic carbocycles. The quantitative estimate of drug-likeness (QED) is 0.755. The third kappa shape index (κ3) is 4.21. The summed E-state index contributed by atoms with van der Waals surface area (Å²) in [5.41, 5.74) is 0.781.